The summed E-state index contributed by atoms with van der Waals surface area (Å²) in [5.41, 5.74) is 1.13. The molecule has 0 spiro atoms. The molecule has 130 valence electrons. The lowest BCUT2D eigenvalue weighted by Crippen LogP contribution is -2.41. The lowest BCUT2D eigenvalue weighted by atomic mass is 10.2. The number of carbonyl (C=O) groups is 1. The Morgan fingerprint density at radius 1 is 1.39 bits per heavy atom. The summed E-state index contributed by atoms with van der Waals surface area (Å²) >= 11 is 0. The molecule has 6 heteroatoms. The average Bonchev–Trinajstić information content (AvgIpc) is 3.05. The van der Waals surface area contributed by atoms with E-state index in [1.54, 1.807) is 7.11 Å². The van der Waals surface area contributed by atoms with E-state index in [9.17, 15) is 4.79 Å². The van der Waals surface area contributed by atoms with Crippen molar-refractivity contribution < 1.29 is 14.3 Å². The number of hydrogen-bond donors (Lipinski definition) is 1. The first kappa shape index (κ1) is 19.9. The zero-order chi connectivity index (χ0) is 15.6. The summed E-state index contributed by atoms with van der Waals surface area (Å²) in [6.07, 6.45) is 2.46. The topological polar surface area (TPSA) is 50.8 Å². The second-order valence-electron chi connectivity index (χ2n) is 5.56. The number of amides is 1. The van der Waals surface area contributed by atoms with Crippen LogP contribution in [0.1, 0.15) is 18.4 Å². The highest BCUT2D eigenvalue weighted by Crippen LogP contribution is 2.10. The van der Waals surface area contributed by atoms with Crippen LogP contribution in [0.2, 0.25) is 0 Å². The smallest absolute Gasteiger partial charge is 0.236 e. The molecule has 0 radical (unpaired) electrons. The Kier molecular flexibility index (Phi) is 9.87. The average molecular weight is 343 g/mol. The molecule has 1 fully saturated rings. The molecule has 1 unspecified atom stereocenters. The first-order valence-electron chi connectivity index (χ1n) is 7.92. The summed E-state index contributed by atoms with van der Waals surface area (Å²) in [6.45, 7) is 3.70. The van der Waals surface area contributed by atoms with Gasteiger partial charge in [0.05, 0.1) is 19.3 Å². The molecule has 1 heterocycles. The summed E-state index contributed by atoms with van der Waals surface area (Å²) in [7, 11) is 1.65. The first-order valence-corrected chi connectivity index (χ1v) is 7.92. The second-order valence-corrected chi connectivity index (χ2v) is 5.56. The van der Waals surface area contributed by atoms with Gasteiger partial charge in [0, 0.05) is 33.4 Å². The van der Waals surface area contributed by atoms with E-state index in [0.29, 0.717) is 26.2 Å². The van der Waals surface area contributed by atoms with Gasteiger partial charge in [0.2, 0.25) is 5.91 Å². The summed E-state index contributed by atoms with van der Waals surface area (Å²) in [5.74, 6) is 0.0962. The van der Waals surface area contributed by atoms with Crippen molar-refractivity contribution in [3.8, 4) is 0 Å². The van der Waals surface area contributed by atoms with E-state index in [1.807, 2.05) is 35.2 Å². The van der Waals surface area contributed by atoms with Crippen LogP contribution in [0.3, 0.4) is 0 Å². The van der Waals surface area contributed by atoms with E-state index >= 15 is 0 Å². The van der Waals surface area contributed by atoms with E-state index in [-0.39, 0.29) is 24.4 Å². The standard InChI is InChI=1S/C17H26N2O3.ClH/c1-21-11-9-19(14-15-6-3-2-4-7-15)17(20)13-18-12-16-8-5-10-22-16;/h2-4,6-7,16,18H,5,8-14H2,1H3;1H. The third-order valence-corrected chi connectivity index (χ3v) is 3.81. The lowest BCUT2D eigenvalue weighted by molar-refractivity contribution is -0.131. The van der Waals surface area contributed by atoms with Crippen LogP contribution >= 0.6 is 12.4 Å². The fraction of sp³-hybridized carbons (Fsp3) is 0.588. The van der Waals surface area contributed by atoms with Gasteiger partial charge in [0.1, 0.15) is 0 Å². The van der Waals surface area contributed by atoms with Crippen molar-refractivity contribution in [3.63, 3.8) is 0 Å². The molecule has 2 rings (SSSR count). The van der Waals surface area contributed by atoms with Gasteiger partial charge >= 0.3 is 0 Å². The van der Waals surface area contributed by atoms with E-state index in [0.717, 1.165) is 31.6 Å². The van der Waals surface area contributed by atoms with Crippen molar-refractivity contribution in [1.29, 1.82) is 0 Å². The number of methoxy groups -OCH3 is 1. The molecule has 0 saturated carbocycles. The van der Waals surface area contributed by atoms with Crippen LogP contribution in [0.4, 0.5) is 0 Å². The highest BCUT2D eigenvalue weighted by molar-refractivity contribution is 5.85. The third-order valence-electron chi connectivity index (χ3n) is 3.81. The van der Waals surface area contributed by atoms with Gasteiger partial charge in [-0.3, -0.25) is 4.79 Å². The van der Waals surface area contributed by atoms with E-state index in [1.165, 1.54) is 0 Å². The Morgan fingerprint density at radius 2 is 2.17 bits per heavy atom. The van der Waals surface area contributed by atoms with Crippen molar-refractivity contribution in [1.82, 2.24) is 10.2 Å². The van der Waals surface area contributed by atoms with E-state index < -0.39 is 0 Å². The largest absolute Gasteiger partial charge is 0.383 e. The normalized spacial score (nSPS) is 16.8. The Hall–Kier alpha value is -1.14. The molecule has 23 heavy (non-hydrogen) atoms. The van der Waals surface area contributed by atoms with Crippen LogP contribution in [0.25, 0.3) is 0 Å². The number of nitrogens with one attached hydrogen (secondary N) is 1. The van der Waals surface area contributed by atoms with Crippen molar-refractivity contribution >= 4 is 18.3 Å². The van der Waals surface area contributed by atoms with E-state index in [4.69, 9.17) is 9.47 Å². The molecule has 1 aliphatic rings. The molecular weight excluding hydrogens is 316 g/mol. The number of benzene rings is 1. The van der Waals surface area contributed by atoms with Crippen molar-refractivity contribution in [2.24, 2.45) is 0 Å². The first-order chi connectivity index (χ1) is 10.8. The maximum atomic E-state index is 12.4. The number of rotatable bonds is 9. The van der Waals surface area contributed by atoms with Crippen LogP contribution in [-0.2, 0) is 20.8 Å². The maximum absolute atomic E-state index is 12.4. The molecule has 1 saturated heterocycles. The molecule has 0 aromatic heterocycles. The van der Waals surface area contributed by atoms with Crippen LogP contribution in [0.5, 0.6) is 0 Å². The highest BCUT2D eigenvalue weighted by Gasteiger charge is 2.17. The fourth-order valence-electron chi connectivity index (χ4n) is 2.55. The predicted molar refractivity (Wildman–Crippen MR) is 92.8 cm³/mol. The van der Waals surface area contributed by atoms with Gasteiger partial charge in [-0.15, -0.1) is 12.4 Å². The monoisotopic (exact) mass is 342 g/mol. The molecule has 5 nitrogen and oxygen atoms in total. The number of hydrogen-bond acceptors (Lipinski definition) is 4. The lowest BCUT2D eigenvalue weighted by Gasteiger charge is -2.23. The SMILES string of the molecule is COCCN(Cc1ccccc1)C(=O)CNCC1CCCO1.Cl. The van der Waals surface area contributed by atoms with Gasteiger partial charge in [-0.2, -0.15) is 0 Å². The van der Waals surface area contributed by atoms with Crippen LogP contribution in [-0.4, -0.2) is 56.9 Å². The highest BCUT2D eigenvalue weighted by atomic mass is 35.5. The number of nitrogens with zero attached hydrogens (tertiary/aromatic N) is 1. The summed E-state index contributed by atoms with van der Waals surface area (Å²) < 4.78 is 10.7. The van der Waals surface area contributed by atoms with Crippen molar-refractivity contribution in [3.05, 3.63) is 35.9 Å². The maximum Gasteiger partial charge on any atom is 0.236 e. The Morgan fingerprint density at radius 3 is 2.83 bits per heavy atom. The molecule has 1 aromatic rings. The zero-order valence-electron chi connectivity index (χ0n) is 13.7. The molecule has 1 atom stereocenters. The molecular formula is C17H27ClN2O3. The molecule has 1 aliphatic heterocycles. The van der Waals surface area contributed by atoms with Gasteiger partial charge in [-0.1, -0.05) is 30.3 Å². The quantitative estimate of drug-likeness (QED) is 0.744. The molecule has 1 N–H and O–H groups in total. The summed E-state index contributed by atoms with van der Waals surface area (Å²) in [6, 6.07) is 10.0. The van der Waals surface area contributed by atoms with Crippen LogP contribution in [0.15, 0.2) is 30.3 Å². The summed E-state index contributed by atoms with van der Waals surface area (Å²) in [5, 5.41) is 3.21. The molecule has 1 amide bonds. The number of halogens is 1. The predicted octanol–water partition coefficient (Wildman–Crippen LogP) is 1.85. The zero-order valence-corrected chi connectivity index (χ0v) is 14.5. The molecule has 0 bridgehead atoms. The molecule has 1 aromatic carbocycles. The number of carbonyl (C=O) groups excluding carboxylic acids is 1. The Bertz CT molecular complexity index is 439. The Balaban J connectivity index is 0.00000264. The third kappa shape index (κ3) is 7.31. The van der Waals surface area contributed by atoms with Crippen molar-refractivity contribution in [2.45, 2.75) is 25.5 Å². The Labute approximate surface area is 144 Å². The van der Waals surface area contributed by atoms with Gasteiger partial charge in [0.15, 0.2) is 0 Å². The van der Waals surface area contributed by atoms with E-state index in [2.05, 4.69) is 5.32 Å². The van der Waals surface area contributed by atoms with Gasteiger partial charge < -0.3 is 19.7 Å². The second kappa shape index (κ2) is 11.4. The van der Waals surface area contributed by atoms with Crippen molar-refractivity contribution in [2.75, 3.05) is 40.0 Å². The van der Waals surface area contributed by atoms with Crippen LogP contribution in [0, 0.1) is 0 Å². The molecule has 0 aliphatic carbocycles. The van der Waals surface area contributed by atoms with Gasteiger partial charge in [-0.05, 0) is 18.4 Å². The number of ether oxygens (including phenoxy) is 2. The minimum absolute atomic E-state index is 0. The minimum Gasteiger partial charge on any atom is -0.383 e. The fourth-order valence-corrected chi connectivity index (χ4v) is 2.55. The van der Waals surface area contributed by atoms with Gasteiger partial charge in [0.25, 0.3) is 0 Å². The minimum atomic E-state index is 0. The summed E-state index contributed by atoms with van der Waals surface area (Å²) in [4.78, 5) is 14.2. The van der Waals surface area contributed by atoms with Gasteiger partial charge in [-0.25, -0.2) is 0 Å². The van der Waals surface area contributed by atoms with Crippen LogP contribution < -0.4 is 5.32 Å².